The molecule has 0 aliphatic carbocycles. The largest absolute Gasteiger partial charge is 0.300 e. The van der Waals surface area contributed by atoms with Crippen LogP contribution in [0.2, 0.25) is 0 Å². The van der Waals surface area contributed by atoms with Crippen molar-refractivity contribution in [2.75, 3.05) is 0 Å². The van der Waals surface area contributed by atoms with Crippen LogP contribution >= 0.6 is 0 Å². The fourth-order valence-corrected chi connectivity index (χ4v) is 8.19. The molecule has 4 aliphatic rings. The Morgan fingerprint density at radius 2 is 1.11 bits per heavy atom. The van der Waals surface area contributed by atoms with Crippen molar-refractivity contribution in [1.29, 1.82) is 0 Å². The molecule has 4 aliphatic heterocycles. The zero-order chi connectivity index (χ0) is 32.5. The lowest BCUT2D eigenvalue weighted by molar-refractivity contribution is -0.127. The van der Waals surface area contributed by atoms with Crippen molar-refractivity contribution in [2.24, 2.45) is 5.84 Å². The van der Waals surface area contributed by atoms with Gasteiger partial charge in [0.15, 0.2) is 0 Å². The summed E-state index contributed by atoms with van der Waals surface area (Å²) in [5.74, 6) is 5.31. The molecule has 7 nitrogen and oxygen atoms in total. The summed E-state index contributed by atoms with van der Waals surface area (Å²) in [4.78, 5) is 18.9. The molecule has 0 aromatic heterocycles. The molecule has 0 radical (unpaired) electrons. The highest BCUT2D eigenvalue weighted by Gasteiger charge is 2.37. The number of aryl methyl sites for hydroxylation is 1. The average molecular weight is 643 g/mol. The molecule has 246 valence electrons. The monoisotopic (exact) mass is 642 g/mol. The maximum absolute atomic E-state index is 11.6. The second-order valence-electron chi connectivity index (χ2n) is 13.3. The van der Waals surface area contributed by atoms with Crippen LogP contribution in [0, 0.1) is 6.92 Å². The first-order valence-corrected chi connectivity index (χ1v) is 18.3. The summed E-state index contributed by atoms with van der Waals surface area (Å²) >= 11 is 0. The van der Waals surface area contributed by atoms with E-state index in [1.807, 2.05) is 6.92 Å². The molecule has 3 aromatic rings. The van der Waals surface area contributed by atoms with Gasteiger partial charge >= 0.3 is 0 Å². The highest BCUT2D eigenvalue weighted by molar-refractivity contribution is 7.89. The number of carbonyl (C=O) groups excluding carboxylic acids is 1. The van der Waals surface area contributed by atoms with Crippen LogP contribution in [-0.2, 0) is 27.9 Å². The smallest absolute Gasteiger partial charge is 0.253 e. The number of sulfonamides is 1. The zero-order valence-electron chi connectivity index (χ0n) is 27.2. The van der Waals surface area contributed by atoms with Gasteiger partial charge in [0.05, 0.1) is 4.90 Å². The van der Waals surface area contributed by atoms with Crippen molar-refractivity contribution in [3.63, 3.8) is 0 Å². The number of rotatable bonds is 6. The maximum Gasteiger partial charge on any atom is 0.253 e. The molecule has 4 atom stereocenters. The molecule has 0 spiro atoms. The van der Waals surface area contributed by atoms with Crippen molar-refractivity contribution in [3.05, 3.63) is 114 Å². The molecule has 4 saturated heterocycles. The van der Waals surface area contributed by atoms with Crippen molar-refractivity contribution in [1.82, 2.24) is 14.6 Å². The third-order valence-electron chi connectivity index (χ3n) is 9.90. The van der Waals surface area contributed by atoms with Crippen LogP contribution in [0.3, 0.4) is 0 Å². The van der Waals surface area contributed by atoms with Gasteiger partial charge in [-0.3, -0.25) is 20.4 Å². The van der Waals surface area contributed by atoms with E-state index < -0.39 is 10.0 Å². The molecule has 7 rings (SSSR count). The molecule has 4 heterocycles. The van der Waals surface area contributed by atoms with Gasteiger partial charge in [0, 0.05) is 50.1 Å². The second-order valence-corrected chi connectivity index (χ2v) is 15.0. The predicted octanol–water partition coefficient (Wildman–Crippen LogP) is 6.68. The molecule has 4 bridgehead atoms. The minimum Gasteiger partial charge on any atom is -0.300 e. The van der Waals surface area contributed by atoms with Gasteiger partial charge in [0.2, 0.25) is 0 Å². The fourth-order valence-electron chi connectivity index (χ4n) is 7.56. The number of fused-ring (bicyclic) bond motifs is 4. The number of ketones is 1. The van der Waals surface area contributed by atoms with Crippen LogP contribution < -0.4 is 10.7 Å². The third kappa shape index (κ3) is 9.23. The summed E-state index contributed by atoms with van der Waals surface area (Å²) in [5, 5.41) is 0. The lowest BCUT2D eigenvalue weighted by Crippen LogP contribution is -2.51. The van der Waals surface area contributed by atoms with Crippen LogP contribution in [0.4, 0.5) is 0 Å². The highest BCUT2D eigenvalue weighted by atomic mass is 32.2. The van der Waals surface area contributed by atoms with E-state index in [0.29, 0.717) is 17.9 Å². The summed E-state index contributed by atoms with van der Waals surface area (Å²) in [7, 11) is -3.49. The standard InChI is InChI=1S/C16H21N.C15H19NO.C7H10N2O2S/c1-13-10-15-8-5-9-16(11-13)17(15)12-14-6-3-2-4-7-14;17-15-9-13-7-4-8-14(10-15)16(13)11-12-5-2-1-3-6-12;1-6-2-4-7(5-3-6)12(10,11)9-8/h2-4,6-7,15-16H,1,5,8-12H2;1-3,5-6,13-14H,4,7-11H2;2-5,9H,8H2,1H3. The van der Waals surface area contributed by atoms with Crippen LogP contribution in [-0.4, -0.2) is 48.2 Å². The Bertz CT molecular complexity index is 1420. The van der Waals surface area contributed by atoms with Gasteiger partial charge in [-0.1, -0.05) is 103 Å². The first-order valence-electron chi connectivity index (χ1n) is 16.8. The number of piperidine rings is 4. The summed E-state index contributed by atoms with van der Waals surface area (Å²) in [6, 6.07) is 30.5. The molecule has 4 unspecified atom stereocenters. The van der Waals surface area contributed by atoms with Crippen LogP contribution in [0.15, 0.2) is 102 Å². The number of nitrogens with two attached hydrogens (primary N) is 1. The normalized spacial score (nSPS) is 24.7. The van der Waals surface area contributed by atoms with E-state index in [1.165, 1.54) is 80.2 Å². The maximum atomic E-state index is 11.6. The van der Waals surface area contributed by atoms with Crippen LogP contribution in [0.1, 0.15) is 80.9 Å². The van der Waals surface area contributed by atoms with Gasteiger partial charge in [-0.2, -0.15) is 4.83 Å². The number of nitrogens with zero attached hydrogens (tertiary/aromatic N) is 2. The van der Waals surface area contributed by atoms with E-state index in [1.54, 1.807) is 17.0 Å². The van der Waals surface area contributed by atoms with Crippen molar-refractivity contribution >= 4 is 15.8 Å². The fraction of sp³-hybridized carbons (Fsp3) is 0.447. The molecular formula is C38H50N4O3S. The van der Waals surface area contributed by atoms with Crippen molar-refractivity contribution < 1.29 is 13.2 Å². The molecule has 4 fully saturated rings. The van der Waals surface area contributed by atoms with Gasteiger partial charge in [0.25, 0.3) is 10.0 Å². The SMILES string of the molecule is C=C1CC2CCCC(C1)N2Cc1ccccc1.Cc1ccc(S(=O)(=O)NN)cc1.O=C1CC2CCCC(C1)N2Cc1ccccc1. The summed E-state index contributed by atoms with van der Waals surface area (Å²) in [6.45, 7) is 8.24. The molecule has 8 heteroatoms. The van der Waals surface area contributed by atoms with Gasteiger partial charge in [-0.25, -0.2) is 8.42 Å². The van der Waals surface area contributed by atoms with Gasteiger partial charge in [-0.05, 0) is 68.7 Å². The second kappa shape index (κ2) is 16.1. The first kappa shape index (κ1) is 34.2. The number of hydrogen-bond donors (Lipinski definition) is 2. The van der Waals surface area contributed by atoms with E-state index in [0.717, 1.165) is 43.6 Å². The Kier molecular flexibility index (Phi) is 12.0. The number of nitrogens with one attached hydrogen (secondary N) is 1. The van der Waals surface area contributed by atoms with Crippen molar-refractivity contribution in [3.8, 4) is 0 Å². The number of Topliss-reactive ketones (excluding diaryl/α,β-unsaturated/α-hetero) is 1. The Morgan fingerprint density at radius 3 is 1.52 bits per heavy atom. The van der Waals surface area contributed by atoms with Gasteiger partial charge < -0.3 is 0 Å². The number of benzene rings is 3. The minimum absolute atomic E-state index is 0.176. The number of carbonyl (C=O) groups is 1. The van der Waals surface area contributed by atoms with Gasteiger partial charge in [-0.15, -0.1) is 0 Å². The predicted molar refractivity (Wildman–Crippen MR) is 185 cm³/mol. The quantitative estimate of drug-likeness (QED) is 0.177. The van der Waals surface area contributed by atoms with Gasteiger partial charge in [0.1, 0.15) is 5.78 Å². The topological polar surface area (TPSA) is 95.7 Å². The summed E-state index contributed by atoms with van der Waals surface area (Å²) in [6.07, 6.45) is 11.9. The summed E-state index contributed by atoms with van der Waals surface area (Å²) in [5.41, 5.74) is 5.31. The lowest BCUT2D eigenvalue weighted by atomic mass is 9.82. The first-order chi connectivity index (χ1) is 22.2. The van der Waals surface area contributed by atoms with E-state index in [2.05, 4.69) is 77.0 Å². The third-order valence-corrected chi connectivity index (χ3v) is 11.1. The minimum atomic E-state index is -3.49. The molecule has 3 N–H and O–H groups in total. The van der Waals surface area contributed by atoms with E-state index in [-0.39, 0.29) is 4.90 Å². The lowest BCUT2D eigenvalue weighted by Gasteiger charge is -2.47. The highest BCUT2D eigenvalue weighted by Crippen LogP contribution is 2.37. The molecule has 46 heavy (non-hydrogen) atoms. The van der Waals surface area contributed by atoms with Crippen LogP contribution in [0.25, 0.3) is 0 Å². The molecular weight excluding hydrogens is 593 g/mol. The van der Waals surface area contributed by atoms with Crippen LogP contribution in [0.5, 0.6) is 0 Å². The summed E-state index contributed by atoms with van der Waals surface area (Å²) < 4.78 is 22.2. The Hall–Kier alpha value is -3.14. The Labute approximate surface area is 275 Å². The van der Waals surface area contributed by atoms with E-state index >= 15 is 0 Å². The van der Waals surface area contributed by atoms with E-state index in [4.69, 9.17) is 5.84 Å². The van der Waals surface area contributed by atoms with E-state index in [9.17, 15) is 13.2 Å². The molecule has 3 aromatic carbocycles. The Morgan fingerprint density at radius 1 is 0.696 bits per heavy atom. The zero-order valence-corrected chi connectivity index (χ0v) is 28.0. The number of hydrogen-bond acceptors (Lipinski definition) is 6. The molecule has 0 amide bonds. The average Bonchev–Trinajstić information content (AvgIpc) is 3.04. The Balaban J connectivity index is 0.000000139. The van der Waals surface area contributed by atoms with Crippen molar-refractivity contribution in [2.45, 2.75) is 113 Å². The molecule has 0 saturated carbocycles. The number of hydrazine groups is 1.